The van der Waals surface area contributed by atoms with Crippen LogP contribution in [0.15, 0.2) is 42.5 Å². The molecular weight excluding hydrogens is 302 g/mol. The lowest BCUT2D eigenvalue weighted by atomic mass is 9.95. The van der Waals surface area contributed by atoms with Gasteiger partial charge in [-0.3, -0.25) is 9.59 Å². The van der Waals surface area contributed by atoms with E-state index in [-0.39, 0.29) is 12.3 Å². The third-order valence-corrected chi connectivity index (χ3v) is 4.05. The lowest BCUT2D eigenvalue weighted by molar-refractivity contribution is -0.143. The quantitative estimate of drug-likeness (QED) is 0.847. The van der Waals surface area contributed by atoms with Crippen molar-refractivity contribution in [1.29, 1.82) is 0 Å². The molecule has 0 fully saturated rings. The molecule has 0 aromatic heterocycles. The molecule has 0 heterocycles. The highest BCUT2D eigenvalue weighted by atomic mass is 16.4. The van der Waals surface area contributed by atoms with E-state index in [9.17, 15) is 14.7 Å². The standard InChI is InChI=1S/C20H23NO3/c1-13-5-8-16(9-6-13)11-17(20(23)24)12-19(22)21-18-10-14(2)4-7-15(18)3/h4-10,17H,11-12H2,1-3H3,(H,21,22)(H,23,24)/t17-/m1/s1. The molecule has 0 aliphatic carbocycles. The summed E-state index contributed by atoms with van der Waals surface area (Å²) in [6, 6.07) is 13.5. The van der Waals surface area contributed by atoms with Crippen molar-refractivity contribution >= 4 is 17.6 Å². The van der Waals surface area contributed by atoms with E-state index in [4.69, 9.17) is 0 Å². The molecule has 0 spiro atoms. The van der Waals surface area contributed by atoms with Crippen LogP contribution < -0.4 is 5.32 Å². The third-order valence-electron chi connectivity index (χ3n) is 4.05. The largest absolute Gasteiger partial charge is 0.481 e. The van der Waals surface area contributed by atoms with Crippen molar-refractivity contribution in [1.82, 2.24) is 0 Å². The van der Waals surface area contributed by atoms with Crippen LogP contribution in [0.25, 0.3) is 0 Å². The van der Waals surface area contributed by atoms with E-state index in [0.717, 1.165) is 27.9 Å². The number of hydrogen-bond donors (Lipinski definition) is 2. The van der Waals surface area contributed by atoms with Crippen LogP contribution in [0.2, 0.25) is 0 Å². The number of nitrogens with one attached hydrogen (secondary N) is 1. The topological polar surface area (TPSA) is 66.4 Å². The zero-order chi connectivity index (χ0) is 17.7. The Morgan fingerprint density at radius 2 is 1.62 bits per heavy atom. The van der Waals surface area contributed by atoms with Crippen LogP contribution in [0.4, 0.5) is 5.69 Å². The molecule has 24 heavy (non-hydrogen) atoms. The van der Waals surface area contributed by atoms with Gasteiger partial charge in [0.05, 0.1) is 5.92 Å². The number of carbonyl (C=O) groups is 2. The maximum Gasteiger partial charge on any atom is 0.307 e. The van der Waals surface area contributed by atoms with Crippen molar-refractivity contribution in [2.75, 3.05) is 5.32 Å². The summed E-state index contributed by atoms with van der Waals surface area (Å²) >= 11 is 0. The van der Waals surface area contributed by atoms with Gasteiger partial charge in [-0.1, -0.05) is 42.0 Å². The van der Waals surface area contributed by atoms with Crippen LogP contribution in [0, 0.1) is 26.7 Å². The number of hydrogen-bond acceptors (Lipinski definition) is 2. The van der Waals surface area contributed by atoms with Gasteiger partial charge in [-0.25, -0.2) is 0 Å². The monoisotopic (exact) mass is 325 g/mol. The summed E-state index contributed by atoms with van der Waals surface area (Å²) in [6.45, 7) is 5.85. The van der Waals surface area contributed by atoms with Gasteiger partial charge in [0, 0.05) is 12.1 Å². The first-order valence-electron chi connectivity index (χ1n) is 8.00. The zero-order valence-corrected chi connectivity index (χ0v) is 14.3. The molecule has 126 valence electrons. The fourth-order valence-corrected chi connectivity index (χ4v) is 2.55. The van der Waals surface area contributed by atoms with E-state index in [1.165, 1.54) is 0 Å². The van der Waals surface area contributed by atoms with E-state index in [1.807, 2.05) is 63.2 Å². The second kappa shape index (κ2) is 7.77. The summed E-state index contributed by atoms with van der Waals surface area (Å²) in [5.74, 6) is -1.97. The third kappa shape index (κ3) is 4.95. The van der Waals surface area contributed by atoms with E-state index >= 15 is 0 Å². The minimum absolute atomic E-state index is 0.0450. The van der Waals surface area contributed by atoms with Crippen molar-refractivity contribution in [2.45, 2.75) is 33.6 Å². The van der Waals surface area contributed by atoms with E-state index in [2.05, 4.69) is 5.32 Å². The van der Waals surface area contributed by atoms with Gasteiger partial charge < -0.3 is 10.4 Å². The predicted octanol–water partition coefficient (Wildman–Crippen LogP) is 3.88. The molecule has 4 nitrogen and oxygen atoms in total. The molecule has 2 N–H and O–H groups in total. The number of aliphatic carboxylic acids is 1. The normalized spacial score (nSPS) is 11.8. The molecule has 1 atom stereocenters. The molecule has 2 rings (SSSR count). The number of carboxylic acid groups (broad SMARTS) is 1. The summed E-state index contributed by atoms with van der Waals surface area (Å²) in [7, 11) is 0. The molecule has 0 radical (unpaired) electrons. The Kier molecular flexibility index (Phi) is 5.74. The first kappa shape index (κ1) is 17.7. The molecule has 1 amide bonds. The Morgan fingerprint density at radius 1 is 1.00 bits per heavy atom. The molecule has 0 unspecified atom stereocenters. The van der Waals surface area contributed by atoms with E-state index in [1.54, 1.807) is 0 Å². The molecule has 0 aliphatic heterocycles. The van der Waals surface area contributed by atoms with Crippen LogP contribution in [-0.4, -0.2) is 17.0 Å². The molecule has 2 aromatic rings. The number of carbonyl (C=O) groups excluding carboxylic acids is 1. The smallest absolute Gasteiger partial charge is 0.307 e. The number of anilines is 1. The summed E-state index contributed by atoms with van der Waals surface area (Å²) in [5, 5.41) is 12.3. The van der Waals surface area contributed by atoms with Gasteiger partial charge >= 0.3 is 5.97 Å². The first-order chi connectivity index (χ1) is 11.3. The Morgan fingerprint density at radius 3 is 2.25 bits per heavy atom. The van der Waals surface area contributed by atoms with Gasteiger partial charge in [-0.15, -0.1) is 0 Å². The Bertz CT molecular complexity index is 735. The lowest BCUT2D eigenvalue weighted by Crippen LogP contribution is -2.24. The number of carboxylic acids is 1. The average Bonchev–Trinajstić information content (AvgIpc) is 2.52. The second-order valence-corrected chi connectivity index (χ2v) is 6.30. The Labute approximate surface area is 142 Å². The first-order valence-corrected chi connectivity index (χ1v) is 8.00. The number of benzene rings is 2. The molecule has 0 saturated heterocycles. The van der Waals surface area contributed by atoms with Crippen LogP contribution >= 0.6 is 0 Å². The highest BCUT2D eigenvalue weighted by Gasteiger charge is 2.22. The van der Waals surface area contributed by atoms with Crippen molar-refractivity contribution in [2.24, 2.45) is 5.92 Å². The summed E-state index contributed by atoms with van der Waals surface area (Å²) in [5.41, 5.74) is 4.79. The zero-order valence-electron chi connectivity index (χ0n) is 14.3. The number of amides is 1. The fraction of sp³-hybridized carbons (Fsp3) is 0.300. The lowest BCUT2D eigenvalue weighted by Gasteiger charge is -2.14. The number of rotatable bonds is 6. The molecular formula is C20H23NO3. The van der Waals surface area contributed by atoms with Crippen molar-refractivity contribution < 1.29 is 14.7 Å². The summed E-state index contributed by atoms with van der Waals surface area (Å²) < 4.78 is 0. The maximum atomic E-state index is 12.3. The van der Waals surface area contributed by atoms with Crippen LogP contribution in [-0.2, 0) is 16.0 Å². The van der Waals surface area contributed by atoms with Crippen LogP contribution in [0.5, 0.6) is 0 Å². The Hall–Kier alpha value is -2.62. The fourth-order valence-electron chi connectivity index (χ4n) is 2.55. The van der Waals surface area contributed by atoms with Gasteiger partial charge in [0.25, 0.3) is 0 Å². The molecule has 2 aromatic carbocycles. The van der Waals surface area contributed by atoms with Gasteiger partial charge in [-0.05, 0) is 49.9 Å². The van der Waals surface area contributed by atoms with Crippen molar-refractivity contribution in [3.63, 3.8) is 0 Å². The van der Waals surface area contributed by atoms with Crippen LogP contribution in [0.1, 0.15) is 28.7 Å². The predicted molar refractivity (Wildman–Crippen MR) is 95.2 cm³/mol. The molecule has 4 heteroatoms. The highest BCUT2D eigenvalue weighted by molar-refractivity contribution is 5.93. The Balaban J connectivity index is 2.04. The van der Waals surface area contributed by atoms with Gasteiger partial charge in [0.1, 0.15) is 0 Å². The average molecular weight is 325 g/mol. The number of aryl methyl sites for hydroxylation is 3. The van der Waals surface area contributed by atoms with Gasteiger partial charge in [-0.2, -0.15) is 0 Å². The minimum Gasteiger partial charge on any atom is -0.481 e. The molecule has 0 aliphatic rings. The van der Waals surface area contributed by atoms with Gasteiger partial charge in [0.2, 0.25) is 5.91 Å². The van der Waals surface area contributed by atoms with Crippen molar-refractivity contribution in [3.8, 4) is 0 Å². The van der Waals surface area contributed by atoms with Crippen LogP contribution in [0.3, 0.4) is 0 Å². The van der Waals surface area contributed by atoms with Crippen molar-refractivity contribution in [3.05, 3.63) is 64.7 Å². The summed E-state index contributed by atoms with van der Waals surface area (Å²) in [6.07, 6.45) is 0.298. The molecule has 0 saturated carbocycles. The summed E-state index contributed by atoms with van der Waals surface area (Å²) in [4.78, 5) is 23.8. The van der Waals surface area contributed by atoms with Gasteiger partial charge in [0.15, 0.2) is 0 Å². The van der Waals surface area contributed by atoms with E-state index in [0.29, 0.717) is 6.42 Å². The maximum absolute atomic E-state index is 12.3. The van der Waals surface area contributed by atoms with E-state index < -0.39 is 11.9 Å². The SMILES string of the molecule is Cc1ccc(C[C@H](CC(=O)Nc2cc(C)ccc2C)C(=O)O)cc1. The molecule has 0 bridgehead atoms. The second-order valence-electron chi connectivity index (χ2n) is 6.30. The minimum atomic E-state index is -0.952. The highest BCUT2D eigenvalue weighted by Crippen LogP contribution is 2.19.